The Hall–Kier alpha value is -1.41. The van der Waals surface area contributed by atoms with Crippen LogP contribution in [0, 0.1) is 0 Å². The summed E-state index contributed by atoms with van der Waals surface area (Å²) >= 11 is 11.4. The molecular weight excluding hydrogens is 321 g/mol. The Kier molecular flexibility index (Phi) is 7.38. The Bertz CT molecular complexity index is 507. The molecule has 0 unspecified atom stereocenters. The van der Waals surface area contributed by atoms with Gasteiger partial charge in [0.2, 0.25) is 11.8 Å². The highest BCUT2D eigenvalue weighted by Crippen LogP contribution is 2.21. The lowest BCUT2D eigenvalue weighted by Gasteiger charge is -2.20. The van der Waals surface area contributed by atoms with Crippen LogP contribution in [0.5, 0.6) is 0 Å². The SMILES string of the molecule is O=C(CC(=O)N(CCO)CCO)Nc1ccc(Cl)nc1Cl. The van der Waals surface area contributed by atoms with Crippen LogP contribution in [0.4, 0.5) is 5.69 Å². The van der Waals surface area contributed by atoms with Crippen molar-refractivity contribution in [3.05, 3.63) is 22.4 Å². The quantitative estimate of drug-likeness (QED) is 0.498. The van der Waals surface area contributed by atoms with Crippen molar-refractivity contribution in [2.24, 2.45) is 0 Å². The number of hydrogen-bond donors (Lipinski definition) is 3. The van der Waals surface area contributed by atoms with Crippen LogP contribution in [0.3, 0.4) is 0 Å². The number of carbonyl (C=O) groups excluding carboxylic acids is 2. The van der Waals surface area contributed by atoms with Gasteiger partial charge in [-0.25, -0.2) is 4.98 Å². The Labute approximate surface area is 131 Å². The normalized spacial score (nSPS) is 10.3. The van der Waals surface area contributed by atoms with E-state index in [0.717, 1.165) is 0 Å². The van der Waals surface area contributed by atoms with Crippen molar-refractivity contribution < 1.29 is 19.8 Å². The highest BCUT2D eigenvalue weighted by molar-refractivity contribution is 6.34. The second kappa shape index (κ2) is 8.78. The summed E-state index contributed by atoms with van der Waals surface area (Å²) in [5.41, 5.74) is 0.245. The molecule has 9 heteroatoms. The van der Waals surface area contributed by atoms with Crippen LogP contribution in [0.15, 0.2) is 12.1 Å². The molecule has 0 spiro atoms. The van der Waals surface area contributed by atoms with Gasteiger partial charge >= 0.3 is 0 Å². The number of rotatable bonds is 7. The van der Waals surface area contributed by atoms with Crippen LogP contribution in [0.1, 0.15) is 6.42 Å². The molecule has 0 fully saturated rings. The summed E-state index contributed by atoms with van der Waals surface area (Å²) in [6.07, 6.45) is -0.432. The first kappa shape index (κ1) is 17.6. The maximum Gasteiger partial charge on any atom is 0.233 e. The number of nitrogens with one attached hydrogen (secondary N) is 1. The van der Waals surface area contributed by atoms with E-state index in [1.165, 1.54) is 17.0 Å². The standard InChI is InChI=1S/C12H15Cl2N3O4/c13-9-2-1-8(12(14)16-9)15-10(20)7-11(21)17(3-5-18)4-6-19/h1-2,18-19H,3-7H2,(H,15,20). The van der Waals surface area contributed by atoms with Crippen molar-refractivity contribution in [2.75, 3.05) is 31.6 Å². The minimum absolute atomic E-state index is 0.0193. The molecule has 0 aliphatic carbocycles. The van der Waals surface area contributed by atoms with Gasteiger partial charge in [0.15, 0.2) is 5.15 Å². The zero-order valence-electron chi connectivity index (χ0n) is 11.1. The third-order valence-electron chi connectivity index (χ3n) is 2.49. The van der Waals surface area contributed by atoms with Crippen LogP contribution in [-0.4, -0.2) is 58.2 Å². The zero-order chi connectivity index (χ0) is 15.8. The predicted molar refractivity (Wildman–Crippen MR) is 78.3 cm³/mol. The Morgan fingerprint density at radius 2 is 1.81 bits per heavy atom. The molecule has 1 aromatic heterocycles. The van der Waals surface area contributed by atoms with Gasteiger partial charge in [0, 0.05) is 13.1 Å². The highest BCUT2D eigenvalue weighted by atomic mass is 35.5. The molecule has 3 N–H and O–H groups in total. The summed E-state index contributed by atoms with van der Waals surface area (Å²) in [5.74, 6) is -1.08. The van der Waals surface area contributed by atoms with Crippen LogP contribution < -0.4 is 5.32 Å². The monoisotopic (exact) mass is 335 g/mol. The van der Waals surface area contributed by atoms with Gasteiger partial charge in [-0.1, -0.05) is 23.2 Å². The summed E-state index contributed by atoms with van der Waals surface area (Å²) in [4.78, 5) is 28.6. The van der Waals surface area contributed by atoms with Crippen molar-refractivity contribution in [3.63, 3.8) is 0 Å². The van der Waals surface area contributed by atoms with Crippen LogP contribution in [-0.2, 0) is 9.59 Å². The fourth-order valence-corrected chi connectivity index (χ4v) is 1.94. The number of nitrogens with zero attached hydrogens (tertiary/aromatic N) is 2. The fourth-order valence-electron chi connectivity index (χ4n) is 1.55. The summed E-state index contributed by atoms with van der Waals surface area (Å²) < 4.78 is 0. The van der Waals surface area contributed by atoms with E-state index in [9.17, 15) is 9.59 Å². The van der Waals surface area contributed by atoms with Gasteiger partial charge in [-0.05, 0) is 12.1 Å². The minimum Gasteiger partial charge on any atom is -0.395 e. The van der Waals surface area contributed by atoms with Gasteiger partial charge in [-0.15, -0.1) is 0 Å². The van der Waals surface area contributed by atoms with Crippen LogP contribution in [0.2, 0.25) is 10.3 Å². The summed E-state index contributed by atoms with van der Waals surface area (Å²) in [5, 5.41) is 20.3. The predicted octanol–water partition coefficient (Wildman–Crippen LogP) is 0.530. The van der Waals surface area contributed by atoms with Gasteiger partial charge in [-0.2, -0.15) is 0 Å². The fraction of sp³-hybridized carbons (Fsp3) is 0.417. The van der Waals surface area contributed by atoms with E-state index in [2.05, 4.69) is 10.3 Å². The molecule has 116 valence electrons. The van der Waals surface area contributed by atoms with Crippen molar-refractivity contribution in [3.8, 4) is 0 Å². The first-order valence-electron chi connectivity index (χ1n) is 6.09. The number of anilines is 1. The van der Waals surface area contributed by atoms with E-state index in [1.807, 2.05) is 0 Å². The molecule has 0 bridgehead atoms. The first-order chi connectivity index (χ1) is 9.97. The van der Waals surface area contributed by atoms with Gasteiger partial charge in [-0.3, -0.25) is 9.59 Å². The Balaban J connectivity index is 2.61. The lowest BCUT2D eigenvalue weighted by molar-refractivity contribution is -0.135. The lowest BCUT2D eigenvalue weighted by Crippen LogP contribution is -2.37. The average Bonchev–Trinajstić information content (AvgIpc) is 2.41. The number of halogens is 2. The first-order valence-corrected chi connectivity index (χ1v) is 6.85. The summed E-state index contributed by atoms with van der Waals surface area (Å²) in [6.45, 7) is -0.396. The Morgan fingerprint density at radius 3 is 2.33 bits per heavy atom. The van der Waals surface area contributed by atoms with E-state index in [-0.39, 0.29) is 42.3 Å². The third kappa shape index (κ3) is 5.84. The Morgan fingerprint density at radius 1 is 1.19 bits per heavy atom. The van der Waals surface area contributed by atoms with E-state index in [4.69, 9.17) is 33.4 Å². The third-order valence-corrected chi connectivity index (χ3v) is 2.99. The number of aromatic nitrogens is 1. The molecule has 0 atom stereocenters. The van der Waals surface area contributed by atoms with Gasteiger partial charge < -0.3 is 20.4 Å². The van der Waals surface area contributed by atoms with E-state index in [1.54, 1.807) is 0 Å². The number of amides is 2. The van der Waals surface area contributed by atoms with Crippen molar-refractivity contribution in [1.82, 2.24) is 9.88 Å². The zero-order valence-corrected chi connectivity index (χ0v) is 12.6. The maximum absolute atomic E-state index is 11.8. The largest absolute Gasteiger partial charge is 0.395 e. The van der Waals surface area contributed by atoms with E-state index < -0.39 is 18.2 Å². The molecular formula is C12H15Cl2N3O4. The molecule has 0 saturated carbocycles. The second-order valence-electron chi connectivity index (χ2n) is 4.03. The number of aliphatic hydroxyl groups is 2. The molecule has 21 heavy (non-hydrogen) atoms. The maximum atomic E-state index is 11.8. The molecule has 1 rings (SSSR count). The highest BCUT2D eigenvalue weighted by Gasteiger charge is 2.17. The number of pyridine rings is 1. The summed E-state index contributed by atoms with van der Waals surface area (Å²) in [7, 11) is 0. The molecule has 1 aromatic rings. The molecule has 0 aliphatic rings. The van der Waals surface area contributed by atoms with Crippen LogP contribution in [0.25, 0.3) is 0 Å². The van der Waals surface area contributed by atoms with Gasteiger partial charge in [0.25, 0.3) is 0 Å². The molecule has 1 heterocycles. The van der Waals surface area contributed by atoms with E-state index in [0.29, 0.717) is 0 Å². The van der Waals surface area contributed by atoms with Crippen LogP contribution >= 0.6 is 23.2 Å². The number of aliphatic hydroxyl groups excluding tert-OH is 2. The average molecular weight is 336 g/mol. The molecule has 0 radical (unpaired) electrons. The topological polar surface area (TPSA) is 103 Å². The molecule has 0 aromatic carbocycles. The van der Waals surface area contributed by atoms with E-state index >= 15 is 0 Å². The van der Waals surface area contributed by atoms with Gasteiger partial charge in [0.05, 0.1) is 18.9 Å². The van der Waals surface area contributed by atoms with Gasteiger partial charge in [0.1, 0.15) is 11.6 Å². The molecule has 7 nitrogen and oxygen atoms in total. The molecule has 0 saturated heterocycles. The summed E-state index contributed by atoms with van der Waals surface area (Å²) in [6, 6.07) is 2.92. The van der Waals surface area contributed by atoms with Crippen molar-refractivity contribution >= 4 is 40.7 Å². The second-order valence-corrected chi connectivity index (χ2v) is 4.77. The molecule has 2 amide bonds. The lowest BCUT2D eigenvalue weighted by atomic mass is 10.3. The minimum atomic E-state index is -0.577. The molecule has 0 aliphatic heterocycles. The number of carbonyl (C=O) groups is 2. The van der Waals surface area contributed by atoms with Crippen molar-refractivity contribution in [2.45, 2.75) is 6.42 Å². The van der Waals surface area contributed by atoms with Crippen molar-refractivity contribution in [1.29, 1.82) is 0 Å². The smallest absolute Gasteiger partial charge is 0.233 e. The number of hydrogen-bond acceptors (Lipinski definition) is 5.